The molecule has 0 aliphatic rings. The van der Waals surface area contributed by atoms with Crippen LogP contribution in [-0.4, -0.2) is 16.7 Å². The Bertz CT molecular complexity index is 781. The van der Waals surface area contributed by atoms with Crippen molar-refractivity contribution in [1.82, 2.24) is 4.98 Å². The van der Waals surface area contributed by atoms with E-state index in [1.54, 1.807) is 6.92 Å². The first kappa shape index (κ1) is 14.6. The van der Waals surface area contributed by atoms with Gasteiger partial charge in [-0.3, -0.25) is 14.4 Å². The molecule has 0 fully saturated rings. The first-order valence-electron chi connectivity index (χ1n) is 6.20. The van der Waals surface area contributed by atoms with Crippen molar-refractivity contribution in [2.45, 2.75) is 13.8 Å². The molecular formula is C15H13FN2O3. The highest BCUT2D eigenvalue weighted by molar-refractivity contribution is 6.06. The lowest BCUT2D eigenvalue weighted by Gasteiger charge is -2.07. The molecule has 1 amide bonds. The van der Waals surface area contributed by atoms with Gasteiger partial charge < -0.3 is 10.3 Å². The molecule has 2 rings (SSSR count). The van der Waals surface area contributed by atoms with Crippen LogP contribution in [0.1, 0.15) is 33.3 Å². The third-order valence-corrected chi connectivity index (χ3v) is 2.96. The Morgan fingerprint density at radius 2 is 2.00 bits per heavy atom. The zero-order valence-electron chi connectivity index (χ0n) is 11.5. The lowest BCUT2D eigenvalue weighted by atomic mass is 10.1. The lowest BCUT2D eigenvalue weighted by Crippen LogP contribution is -2.26. The highest BCUT2D eigenvalue weighted by atomic mass is 19.1. The summed E-state index contributed by atoms with van der Waals surface area (Å²) in [6, 6.07) is 5.30. The average molecular weight is 288 g/mol. The molecule has 2 aromatic rings. The molecule has 0 aliphatic carbocycles. The fraction of sp³-hybridized carbons (Fsp3) is 0.133. The Kier molecular flexibility index (Phi) is 3.98. The summed E-state index contributed by atoms with van der Waals surface area (Å²) in [7, 11) is 0. The second-order valence-corrected chi connectivity index (χ2v) is 4.55. The van der Waals surface area contributed by atoms with Gasteiger partial charge in [0.15, 0.2) is 5.78 Å². The number of halogens is 1. The fourth-order valence-corrected chi connectivity index (χ4v) is 1.98. The predicted molar refractivity (Wildman–Crippen MR) is 76.2 cm³/mol. The number of hydrogen-bond acceptors (Lipinski definition) is 3. The summed E-state index contributed by atoms with van der Waals surface area (Å²) in [5, 5.41) is 2.42. The van der Waals surface area contributed by atoms with Crippen LogP contribution >= 0.6 is 0 Å². The van der Waals surface area contributed by atoms with Gasteiger partial charge >= 0.3 is 0 Å². The van der Waals surface area contributed by atoms with Gasteiger partial charge in [0.25, 0.3) is 5.91 Å². The van der Waals surface area contributed by atoms with E-state index in [9.17, 15) is 18.8 Å². The first-order valence-corrected chi connectivity index (χ1v) is 6.20. The quantitative estimate of drug-likeness (QED) is 0.850. The van der Waals surface area contributed by atoms with Crippen molar-refractivity contribution in [3.63, 3.8) is 0 Å². The maximum atomic E-state index is 13.1. The second-order valence-electron chi connectivity index (χ2n) is 4.55. The third-order valence-electron chi connectivity index (χ3n) is 2.96. The monoisotopic (exact) mass is 288 g/mol. The van der Waals surface area contributed by atoms with E-state index in [-0.39, 0.29) is 16.8 Å². The van der Waals surface area contributed by atoms with Crippen LogP contribution in [0.4, 0.5) is 10.1 Å². The van der Waals surface area contributed by atoms with Crippen LogP contribution in [-0.2, 0) is 0 Å². The average Bonchev–Trinajstić information content (AvgIpc) is 2.38. The molecule has 5 nitrogen and oxygen atoms in total. The molecule has 1 heterocycles. The number of aromatic amines is 1. The molecule has 6 heteroatoms. The van der Waals surface area contributed by atoms with Gasteiger partial charge in [-0.15, -0.1) is 0 Å². The number of aromatic nitrogens is 1. The second kappa shape index (κ2) is 5.70. The largest absolute Gasteiger partial charge is 0.364 e. The smallest absolute Gasteiger partial charge is 0.261 e. The highest BCUT2D eigenvalue weighted by Gasteiger charge is 2.18. The fourth-order valence-electron chi connectivity index (χ4n) is 1.98. The number of amides is 1. The number of carbonyl (C=O) groups excluding carboxylic acids is 2. The summed E-state index contributed by atoms with van der Waals surface area (Å²) >= 11 is 0. The molecule has 1 aromatic heterocycles. The molecule has 0 saturated carbocycles. The number of carbonyl (C=O) groups is 2. The number of Topliss-reactive ketones (excluding diaryl/α,β-unsaturated/α-hetero) is 1. The summed E-state index contributed by atoms with van der Waals surface area (Å²) in [5.74, 6) is -1.63. The number of ketones is 1. The van der Waals surface area contributed by atoms with Crippen molar-refractivity contribution in [3.8, 4) is 0 Å². The number of rotatable bonds is 3. The molecule has 0 aliphatic heterocycles. The third kappa shape index (κ3) is 3.05. The lowest BCUT2D eigenvalue weighted by molar-refractivity contribution is 0.101. The van der Waals surface area contributed by atoms with E-state index >= 15 is 0 Å². The molecule has 0 spiro atoms. The van der Waals surface area contributed by atoms with Crippen LogP contribution in [0.3, 0.4) is 0 Å². The topological polar surface area (TPSA) is 79.0 Å². The molecule has 0 radical (unpaired) electrons. The molecule has 0 atom stereocenters. The minimum absolute atomic E-state index is 0.0538. The molecule has 0 unspecified atom stereocenters. The van der Waals surface area contributed by atoms with Crippen molar-refractivity contribution < 1.29 is 14.0 Å². The van der Waals surface area contributed by atoms with Crippen LogP contribution in [0.5, 0.6) is 0 Å². The van der Waals surface area contributed by atoms with Crippen LogP contribution in [0.15, 0.2) is 35.3 Å². The molecular weight excluding hydrogens is 275 g/mol. The van der Waals surface area contributed by atoms with E-state index in [1.807, 2.05) is 0 Å². The number of hydrogen-bond donors (Lipinski definition) is 2. The van der Waals surface area contributed by atoms with Gasteiger partial charge in [0, 0.05) is 17.6 Å². The standard InChI is InChI=1S/C15H13FN2O3/c1-8-13(9(2)19)14(20)12(7-17-8)15(21)18-11-5-3-4-10(16)6-11/h3-7H,1-2H3,(H,17,20)(H,18,21). The number of aryl methyl sites for hydroxylation is 1. The number of nitrogens with one attached hydrogen (secondary N) is 2. The van der Waals surface area contributed by atoms with E-state index in [2.05, 4.69) is 10.3 Å². The number of pyridine rings is 1. The molecule has 0 saturated heterocycles. The van der Waals surface area contributed by atoms with Crippen LogP contribution < -0.4 is 10.7 Å². The minimum atomic E-state index is -0.704. The molecule has 0 bridgehead atoms. The summed E-state index contributed by atoms with van der Waals surface area (Å²) in [5.41, 5.74) is -0.274. The molecule has 1 aromatic carbocycles. The van der Waals surface area contributed by atoms with Gasteiger partial charge in [-0.05, 0) is 32.0 Å². The van der Waals surface area contributed by atoms with Crippen molar-refractivity contribution in [2.75, 3.05) is 5.32 Å². The van der Waals surface area contributed by atoms with Gasteiger partial charge in [0.1, 0.15) is 11.4 Å². The Balaban J connectivity index is 2.39. The molecule has 2 N–H and O–H groups in total. The van der Waals surface area contributed by atoms with Crippen molar-refractivity contribution in [1.29, 1.82) is 0 Å². The summed E-state index contributed by atoms with van der Waals surface area (Å²) in [4.78, 5) is 38.4. The van der Waals surface area contributed by atoms with Crippen LogP contribution in [0, 0.1) is 12.7 Å². The highest BCUT2D eigenvalue weighted by Crippen LogP contribution is 2.10. The van der Waals surface area contributed by atoms with E-state index in [0.717, 1.165) is 6.07 Å². The predicted octanol–water partition coefficient (Wildman–Crippen LogP) is 2.28. The van der Waals surface area contributed by atoms with E-state index in [1.165, 1.54) is 31.3 Å². The SMILES string of the molecule is CC(=O)c1c(C)[nH]cc(C(=O)Nc2cccc(F)c2)c1=O. The molecule has 108 valence electrons. The Hall–Kier alpha value is -2.76. The summed E-state index contributed by atoms with van der Waals surface area (Å²) in [6.45, 7) is 2.83. The number of anilines is 1. The van der Waals surface area contributed by atoms with Gasteiger partial charge in [-0.1, -0.05) is 6.07 Å². The maximum Gasteiger partial charge on any atom is 0.261 e. The zero-order chi connectivity index (χ0) is 15.6. The van der Waals surface area contributed by atoms with Gasteiger partial charge in [0.2, 0.25) is 5.43 Å². The normalized spacial score (nSPS) is 10.2. The summed E-state index contributed by atoms with van der Waals surface area (Å²) < 4.78 is 13.1. The minimum Gasteiger partial charge on any atom is -0.364 e. The van der Waals surface area contributed by atoms with Gasteiger partial charge in [0.05, 0.1) is 5.56 Å². The van der Waals surface area contributed by atoms with E-state index in [0.29, 0.717) is 5.69 Å². The summed E-state index contributed by atoms with van der Waals surface area (Å²) in [6.07, 6.45) is 1.23. The Morgan fingerprint density at radius 1 is 1.29 bits per heavy atom. The van der Waals surface area contributed by atoms with E-state index in [4.69, 9.17) is 0 Å². The van der Waals surface area contributed by atoms with E-state index < -0.39 is 22.9 Å². The number of benzene rings is 1. The van der Waals surface area contributed by atoms with Crippen molar-refractivity contribution in [3.05, 3.63) is 63.3 Å². The molecule has 21 heavy (non-hydrogen) atoms. The zero-order valence-corrected chi connectivity index (χ0v) is 11.5. The maximum absolute atomic E-state index is 13.1. The van der Waals surface area contributed by atoms with Crippen LogP contribution in [0.25, 0.3) is 0 Å². The van der Waals surface area contributed by atoms with Crippen molar-refractivity contribution in [2.24, 2.45) is 0 Å². The van der Waals surface area contributed by atoms with Crippen LogP contribution in [0.2, 0.25) is 0 Å². The Labute approximate surface area is 119 Å². The van der Waals surface area contributed by atoms with Gasteiger partial charge in [-0.2, -0.15) is 0 Å². The first-order chi connectivity index (χ1) is 9.90. The Morgan fingerprint density at radius 3 is 2.62 bits per heavy atom. The number of H-pyrrole nitrogens is 1. The van der Waals surface area contributed by atoms with Gasteiger partial charge in [-0.25, -0.2) is 4.39 Å². The van der Waals surface area contributed by atoms with Crippen molar-refractivity contribution >= 4 is 17.4 Å².